The Kier molecular flexibility index (Phi) is 20.0. The van der Waals surface area contributed by atoms with Crippen LogP contribution in [0.2, 0.25) is 0 Å². The van der Waals surface area contributed by atoms with E-state index in [4.69, 9.17) is 47.4 Å². The Morgan fingerprint density at radius 3 is 1.90 bits per heavy atom. The fourth-order valence-corrected chi connectivity index (χ4v) is 10.4. The first kappa shape index (κ1) is 57.7. The molecule has 3 aliphatic rings. The summed E-state index contributed by atoms with van der Waals surface area (Å²) in [5, 5.41) is 34.7. The fourth-order valence-electron chi connectivity index (χ4n) is 10.4. The lowest BCUT2D eigenvalue weighted by Crippen LogP contribution is -2.62. The Bertz CT molecular complexity index is 2040. The van der Waals surface area contributed by atoms with E-state index in [-0.39, 0.29) is 38.9 Å². The number of benzene rings is 2. The summed E-state index contributed by atoms with van der Waals surface area (Å²) in [7, 11) is 4.44. The van der Waals surface area contributed by atoms with Gasteiger partial charge >= 0.3 is 18.2 Å². The highest BCUT2D eigenvalue weighted by Crippen LogP contribution is 2.42. The number of rotatable bonds is 13. The van der Waals surface area contributed by atoms with E-state index in [9.17, 15) is 34.5 Å². The third-order valence-electron chi connectivity index (χ3n) is 15.0. The number of ether oxygens (including phenoxy) is 10. The first-order valence-corrected chi connectivity index (χ1v) is 24.8. The van der Waals surface area contributed by atoms with Crippen LogP contribution in [0.3, 0.4) is 0 Å². The highest BCUT2D eigenvalue weighted by molar-refractivity contribution is 5.83. The molecule has 3 saturated heterocycles. The number of cyclic esters (lactones) is 1. The second-order valence-corrected chi connectivity index (χ2v) is 20.4. The summed E-state index contributed by atoms with van der Waals surface area (Å²) in [6, 6.07) is 17.2. The lowest BCUT2D eigenvalue weighted by atomic mass is 9.74. The maximum atomic E-state index is 14.6. The Balaban J connectivity index is 1.63. The van der Waals surface area contributed by atoms with Gasteiger partial charge in [0.2, 0.25) is 0 Å². The largest absolute Gasteiger partial charge is 0.509 e. The first-order chi connectivity index (χ1) is 33.4. The van der Waals surface area contributed by atoms with Crippen LogP contribution in [-0.2, 0) is 70.2 Å². The van der Waals surface area contributed by atoms with Crippen LogP contribution < -0.4 is 0 Å². The molecule has 18 heteroatoms. The average Bonchev–Trinajstić information content (AvgIpc) is 3.35. The number of carbonyl (C=O) groups excluding carboxylic acids is 4. The SMILES string of the molecule is CC[C@H]1OC(=O)[C@H](C)[C@@H](O[C@H]2C[C@@](C)(OC)[C@@H](O)[C@H](C)O2)[C@H](C)[C@@H](O[C@@H]2O[C@H](C)C[C@H](N(C)C(=O)OCc3ccccc3)[C@H]2OC(=O)OCc2ccccc2)[C@@](C)(OC)C[C@@H](C)C(=O)[C@H](C)[C@@H](O)[C@]1(C)O. The molecule has 18 atom stereocenters. The predicted molar refractivity (Wildman–Crippen MR) is 257 cm³/mol. The molecule has 0 spiro atoms. The lowest BCUT2D eigenvalue weighted by Gasteiger charge is -2.50. The molecule has 0 radical (unpaired) electrons. The third-order valence-corrected chi connectivity index (χ3v) is 15.0. The van der Waals surface area contributed by atoms with Gasteiger partial charge in [0.25, 0.3) is 0 Å². The Morgan fingerprint density at radius 1 is 0.761 bits per heavy atom. The van der Waals surface area contributed by atoms with E-state index in [1.165, 1.54) is 40.0 Å². The average molecular weight is 1000 g/mol. The van der Waals surface area contributed by atoms with Crippen LogP contribution in [0, 0.1) is 23.7 Å². The van der Waals surface area contributed by atoms with Gasteiger partial charge in [0.15, 0.2) is 18.7 Å². The predicted octanol–water partition coefficient (Wildman–Crippen LogP) is 6.51. The summed E-state index contributed by atoms with van der Waals surface area (Å²) in [5.74, 6) is -5.25. The van der Waals surface area contributed by atoms with Gasteiger partial charge in [0, 0.05) is 45.4 Å². The number of methoxy groups -OCH3 is 2. The zero-order chi connectivity index (χ0) is 52.6. The van der Waals surface area contributed by atoms with Crippen molar-refractivity contribution < 1.29 is 81.9 Å². The number of hydrogen-bond acceptors (Lipinski definition) is 17. The number of ketones is 1. The summed E-state index contributed by atoms with van der Waals surface area (Å²) < 4.78 is 62.6. The minimum absolute atomic E-state index is 0.0315. The number of nitrogens with zero attached hydrogens (tertiary/aromatic N) is 1. The van der Waals surface area contributed by atoms with Crippen LogP contribution in [0.4, 0.5) is 9.59 Å². The highest BCUT2D eigenvalue weighted by Gasteiger charge is 2.55. The molecule has 398 valence electrons. The van der Waals surface area contributed by atoms with Gasteiger partial charge in [-0.2, -0.15) is 0 Å². The minimum atomic E-state index is -2.05. The van der Waals surface area contributed by atoms with Crippen molar-refractivity contribution >= 4 is 24.0 Å². The molecule has 0 aromatic heterocycles. The first-order valence-electron chi connectivity index (χ1n) is 24.8. The van der Waals surface area contributed by atoms with Crippen LogP contribution in [0.15, 0.2) is 60.7 Å². The van der Waals surface area contributed by atoms with Crippen molar-refractivity contribution in [2.75, 3.05) is 21.3 Å². The molecule has 3 N–H and O–H groups in total. The number of Topliss-reactive ketones (excluding diaryl/α,β-unsaturated/α-hetero) is 1. The second-order valence-electron chi connectivity index (χ2n) is 20.4. The van der Waals surface area contributed by atoms with Crippen LogP contribution in [-0.4, -0.2) is 150 Å². The maximum Gasteiger partial charge on any atom is 0.509 e. The zero-order valence-corrected chi connectivity index (χ0v) is 43.7. The number of amides is 1. The normalized spacial score (nSPS) is 38.6. The molecule has 0 aliphatic carbocycles. The van der Waals surface area contributed by atoms with E-state index in [1.54, 1.807) is 79.7 Å². The molecule has 2 aromatic carbocycles. The van der Waals surface area contributed by atoms with E-state index in [0.29, 0.717) is 5.56 Å². The third kappa shape index (κ3) is 13.7. The van der Waals surface area contributed by atoms with E-state index in [0.717, 1.165) is 5.56 Å². The quantitative estimate of drug-likeness (QED) is 0.144. The van der Waals surface area contributed by atoms with Gasteiger partial charge in [0.05, 0.1) is 53.7 Å². The van der Waals surface area contributed by atoms with Gasteiger partial charge < -0.3 is 67.6 Å². The smallest absolute Gasteiger partial charge is 0.459 e. The highest BCUT2D eigenvalue weighted by atomic mass is 16.8. The van der Waals surface area contributed by atoms with Crippen molar-refractivity contribution in [3.05, 3.63) is 71.8 Å². The van der Waals surface area contributed by atoms with Crippen LogP contribution in [0.5, 0.6) is 0 Å². The molecule has 1 amide bonds. The number of aliphatic hydroxyl groups is 3. The van der Waals surface area contributed by atoms with E-state index in [2.05, 4.69) is 0 Å². The molecule has 2 aromatic rings. The standard InChI is InChI=1S/C53H79NO17/c1-14-39-53(10,61)44(56)32(4)41(55)30(2)26-52(9,63-13)46(33(5)42(34(6)47(58)68-39)69-40-27-51(8,62-12)45(57)35(7)67-40)71-48-43(70-50(60)65-29-37-23-19-16-20-24-37)38(25-31(3)66-48)54(11)49(59)64-28-36-21-17-15-18-22-36/h15-24,30-35,38-40,42-46,48,56-57,61H,14,25-29H2,1-13H3/t30-,31-,32+,33+,34-,35+,38+,39-,40+,42+,43-,44-,45+,46-,48+,51-,52+,53-/m1/s1. The summed E-state index contributed by atoms with van der Waals surface area (Å²) >= 11 is 0. The summed E-state index contributed by atoms with van der Waals surface area (Å²) in [4.78, 5) is 58.1. The number of esters is 1. The fraction of sp³-hybridized carbons (Fsp3) is 0.698. The van der Waals surface area contributed by atoms with Gasteiger partial charge in [0.1, 0.15) is 36.8 Å². The van der Waals surface area contributed by atoms with Gasteiger partial charge in [-0.25, -0.2) is 9.59 Å². The Morgan fingerprint density at radius 2 is 1.34 bits per heavy atom. The van der Waals surface area contributed by atoms with Gasteiger partial charge in [-0.1, -0.05) is 88.4 Å². The number of carbonyl (C=O) groups is 4. The molecule has 3 aliphatic heterocycles. The van der Waals surface area contributed by atoms with Gasteiger partial charge in [-0.15, -0.1) is 0 Å². The molecular weight excluding hydrogens is 923 g/mol. The molecule has 3 heterocycles. The molecule has 0 unspecified atom stereocenters. The van der Waals surface area contributed by atoms with Crippen molar-refractivity contribution in [2.24, 2.45) is 23.7 Å². The molecule has 18 nitrogen and oxygen atoms in total. The maximum absolute atomic E-state index is 14.6. The molecule has 5 rings (SSSR count). The molecular formula is C53H79NO17. The number of hydrogen-bond donors (Lipinski definition) is 3. The Labute approximate surface area is 418 Å². The van der Waals surface area contributed by atoms with Crippen molar-refractivity contribution in [2.45, 2.75) is 192 Å². The van der Waals surface area contributed by atoms with Crippen molar-refractivity contribution in [1.29, 1.82) is 0 Å². The Hall–Kier alpha value is -4.24. The van der Waals surface area contributed by atoms with Crippen LogP contribution in [0.25, 0.3) is 0 Å². The lowest BCUT2D eigenvalue weighted by molar-refractivity contribution is -0.319. The number of aliphatic hydroxyl groups excluding tert-OH is 2. The number of likely N-dealkylation sites (N-methyl/N-ethyl adjacent to an activating group) is 1. The molecule has 71 heavy (non-hydrogen) atoms. The van der Waals surface area contributed by atoms with Crippen LogP contribution in [0.1, 0.15) is 106 Å². The van der Waals surface area contributed by atoms with E-state index < -0.39 is 132 Å². The van der Waals surface area contributed by atoms with E-state index in [1.807, 2.05) is 36.4 Å². The molecule has 3 fully saturated rings. The zero-order valence-electron chi connectivity index (χ0n) is 43.7. The summed E-state index contributed by atoms with van der Waals surface area (Å²) in [6.07, 6.45) is -13.2. The van der Waals surface area contributed by atoms with Crippen molar-refractivity contribution in [3.8, 4) is 0 Å². The van der Waals surface area contributed by atoms with Crippen LogP contribution >= 0.6 is 0 Å². The summed E-state index contributed by atoms with van der Waals surface area (Å²) in [6.45, 7) is 16.4. The van der Waals surface area contributed by atoms with Gasteiger partial charge in [-0.05, 0) is 71.9 Å². The monoisotopic (exact) mass is 1000 g/mol. The van der Waals surface area contributed by atoms with Crippen molar-refractivity contribution in [3.63, 3.8) is 0 Å². The molecule has 0 bridgehead atoms. The van der Waals surface area contributed by atoms with Crippen molar-refractivity contribution in [1.82, 2.24) is 4.90 Å². The molecule has 0 saturated carbocycles. The van der Waals surface area contributed by atoms with E-state index >= 15 is 0 Å². The summed E-state index contributed by atoms with van der Waals surface area (Å²) in [5.41, 5.74) is -3.20. The van der Waals surface area contributed by atoms with Gasteiger partial charge in [-0.3, -0.25) is 9.59 Å². The minimum Gasteiger partial charge on any atom is -0.459 e. The topological polar surface area (TPSA) is 225 Å². The second kappa shape index (κ2) is 24.7.